The number of sulfonamides is 1. The Bertz CT molecular complexity index is 1280. The minimum absolute atomic E-state index is 0.0165. The van der Waals surface area contributed by atoms with Gasteiger partial charge in [0, 0.05) is 43.1 Å². The number of anilines is 1. The number of nitrogens with one attached hydrogen (secondary N) is 2. The molecule has 1 amide bonds. The minimum Gasteiger partial charge on any atom is -0.394 e. The summed E-state index contributed by atoms with van der Waals surface area (Å²) in [6.45, 7) is 5.47. The molecule has 1 saturated carbocycles. The molecule has 4 rings (SSSR count). The highest BCUT2D eigenvalue weighted by atomic mass is 32.2. The number of piperidine rings is 1. The zero-order valence-electron chi connectivity index (χ0n) is 24.9. The van der Waals surface area contributed by atoms with Crippen LogP contribution in [0, 0.1) is 25.7 Å². The Labute approximate surface area is 252 Å². The lowest BCUT2D eigenvalue weighted by Crippen LogP contribution is -2.50. The largest absolute Gasteiger partial charge is 0.394 e. The van der Waals surface area contributed by atoms with Gasteiger partial charge in [-0.2, -0.15) is 17.5 Å². The summed E-state index contributed by atoms with van der Waals surface area (Å²) in [5, 5.41) is 16.2. The van der Waals surface area contributed by atoms with Crippen LogP contribution in [-0.2, 0) is 19.6 Å². The Morgan fingerprint density at radius 1 is 1.14 bits per heavy atom. The molecule has 43 heavy (non-hydrogen) atoms. The van der Waals surface area contributed by atoms with E-state index in [4.69, 9.17) is 14.8 Å². The van der Waals surface area contributed by atoms with Crippen LogP contribution in [0.25, 0.3) is 6.08 Å². The molecule has 3 aliphatic rings. The number of halogens is 3. The average Bonchev–Trinajstić information content (AvgIpc) is 3.26. The van der Waals surface area contributed by atoms with E-state index in [0.717, 1.165) is 22.4 Å². The lowest BCUT2D eigenvalue weighted by Gasteiger charge is -2.34. The van der Waals surface area contributed by atoms with E-state index in [-0.39, 0.29) is 63.3 Å². The van der Waals surface area contributed by atoms with Crippen LogP contribution in [0.5, 0.6) is 0 Å². The number of benzene rings is 1. The van der Waals surface area contributed by atoms with Crippen molar-refractivity contribution in [3.63, 3.8) is 0 Å². The van der Waals surface area contributed by atoms with E-state index >= 15 is 0 Å². The van der Waals surface area contributed by atoms with Crippen molar-refractivity contribution in [1.82, 2.24) is 9.62 Å². The molecule has 0 aromatic heterocycles. The van der Waals surface area contributed by atoms with Gasteiger partial charge in [-0.3, -0.25) is 9.79 Å². The lowest BCUT2D eigenvalue weighted by atomic mass is 9.79. The first kappa shape index (κ1) is 33.4. The fourth-order valence-electron chi connectivity index (χ4n) is 6.29. The van der Waals surface area contributed by atoms with E-state index < -0.39 is 28.2 Å². The number of nitrogens with zero attached hydrogens (tertiary/aromatic N) is 2. The second-order valence-electron chi connectivity index (χ2n) is 11.9. The number of aliphatic hydroxyl groups is 1. The van der Waals surface area contributed by atoms with Crippen LogP contribution in [0.4, 0.5) is 18.9 Å². The molecule has 0 unspecified atom stereocenters. The highest BCUT2D eigenvalue weighted by Crippen LogP contribution is 2.38. The van der Waals surface area contributed by atoms with Crippen molar-refractivity contribution >= 4 is 33.5 Å². The number of aliphatic imine (C=N–C) groups is 1. The molecule has 0 radical (unpaired) electrons. The third-order valence-electron chi connectivity index (χ3n) is 8.79. The van der Waals surface area contributed by atoms with Crippen LogP contribution in [-0.4, -0.2) is 80.7 Å². The van der Waals surface area contributed by atoms with Crippen molar-refractivity contribution in [2.45, 2.75) is 76.9 Å². The molecule has 3 N–H and O–H groups in total. The molecule has 1 aromatic carbocycles. The van der Waals surface area contributed by atoms with Crippen molar-refractivity contribution < 1.29 is 36.2 Å². The van der Waals surface area contributed by atoms with E-state index in [9.17, 15) is 26.4 Å². The standard InChI is InChI=1S/C30H43F3N4O5S/c1-21-19-25(34-12-16-42-17-15-38)20-22(2)26(21)8-18-43(40,41)37-13-10-29(11-14-37)28(39)35-27(36-29)24-5-3-23(4-6-24)7-9-30(31,32)33/h8,18-20,23-24,34,38H,3-7,9-17H2,1-2H3,(H,35,36,39)/b18-8+. The van der Waals surface area contributed by atoms with Gasteiger partial charge in [-0.15, -0.1) is 0 Å². The molecule has 240 valence electrons. The summed E-state index contributed by atoms with van der Waals surface area (Å²) < 4.78 is 70.8. The first-order valence-electron chi connectivity index (χ1n) is 15.0. The molecule has 2 heterocycles. The predicted octanol–water partition coefficient (Wildman–Crippen LogP) is 4.54. The summed E-state index contributed by atoms with van der Waals surface area (Å²) in [5.74, 6) is 0.449. The van der Waals surface area contributed by atoms with Crippen molar-refractivity contribution in [3.05, 3.63) is 34.2 Å². The molecule has 13 heteroatoms. The third kappa shape index (κ3) is 8.80. The lowest BCUT2D eigenvalue weighted by molar-refractivity contribution is -0.138. The van der Waals surface area contributed by atoms with Crippen molar-refractivity contribution in [2.75, 3.05) is 44.8 Å². The van der Waals surface area contributed by atoms with Crippen LogP contribution in [0.2, 0.25) is 0 Å². The van der Waals surface area contributed by atoms with Gasteiger partial charge in [-0.05, 0) is 99.6 Å². The number of amides is 1. The van der Waals surface area contributed by atoms with Gasteiger partial charge in [-0.1, -0.05) is 0 Å². The first-order chi connectivity index (χ1) is 20.3. The number of ether oxygens (including phenoxy) is 1. The molecule has 2 fully saturated rings. The number of carbonyl (C=O) groups is 1. The number of hydrogen-bond donors (Lipinski definition) is 3. The Kier molecular flexibility index (Phi) is 10.9. The number of aryl methyl sites for hydroxylation is 2. The first-order valence-corrected chi connectivity index (χ1v) is 16.5. The second kappa shape index (κ2) is 14.1. The average molecular weight is 629 g/mol. The van der Waals surface area contributed by atoms with Crippen LogP contribution in [0.1, 0.15) is 68.1 Å². The highest BCUT2D eigenvalue weighted by Gasteiger charge is 2.48. The van der Waals surface area contributed by atoms with Gasteiger partial charge in [0.15, 0.2) is 0 Å². The quantitative estimate of drug-likeness (QED) is 0.293. The molecule has 1 spiro atoms. The van der Waals surface area contributed by atoms with Gasteiger partial charge in [-0.25, -0.2) is 8.42 Å². The van der Waals surface area contributed by atoms with Crippen LogP contribution in [0.3, 0.4) is 0 Å². The second-order valence-corrected chi connectivity index (χ2v) is 13.7. The van der Waals surface area contributed by atoms with Crippen LogP contribution in [0.15, 0.2) is 22.5 Å². The number of rotatable bonds is 12. The van der Waals surface area contributed by atoms with Crippen LogP contribution >= 0.6 is 0 Å². The minimum atomic E-state index is -4.13. The molecule has 1 aromatic rings. The molecule has 0 bridgehead atoms. The maximum absolute atomic E-state index is 13.2. The fraction of sp³-hybridized carbons (Fsp3) is 0.667. The summed E-state index contributed by atoms with van der Waals surface area (Å²) in [7, 11) is -3.73. The van der Waals surface area contributed by atoms with Gasteiger partial charge in [0.25, 0.3) is 5.91 Å². The molecular formula is C30H43F3N4O5S. The Hall–Kier alpha value is -2.48. The van der Waals surface area contributed by atoms with Gasteiger partial charge >= 0.3 is 6.18 Å². The summed E-state index contributed by atoms with van der Waals surface area (Å²) >= 11 is 0. The van der Waals surface area contributed by atoms with Gasteiger partial charge in [0.05, 0.1) is 19.8 Å². The molecular weight excluding hydrogens is 585 g/mol. The maximum Gasteiger partial charge on any atom is 0.389 e. The normalized spacial score (nSPS) is 23.1. The zero-order chi connectivity index (χ0) is 31.3. The number of hydrogen-bond acceptors (Lipinski definition) is 7. The molecule has 1 aliphatic carbocycles. The third-order valence-corrected chi connectivity index (χ3v) is 10.4. The molecule has 2 aliphatic heterocycles. The number of amidine groups is 1. The SMILES string of the molecule is Cc1cc(NCCOCCO)cc(C)c1/C=C/S(=O)(=O)N1CCC2(CC1)N=C(C1CCC(CCC(F)(F)F)CC1)NC2=O. The topological polar surface area (TPSA) is 120 Å². The number of carbonyl (C=O) groups excluding carboxylic acids is 1. The zero-order valence-corrected chi connectivity index (χ0v) is 25.7. The summed E-state index contributed by atoms with van der Waals surface area (Å²) in [6, 6.07) is 3.89. The van der Waals surface area contributed by atoms with Gasteiger partial charge in [0.2, 0.25) is 10.0 Å². The highest BCUT2D eigenvalue weighted by molar-refractivity contribution is 7.92. The predicted molar refractivity (Wildman–Crippen MR) is 160 cm³/mol. The molecule has 0 atom stereocenters. The van der Waals surface area contributed by atoms with E-state index in [2.05, 4.69) is 10.6 Å². The van der Waals surface area contributed by atoms with Crippen molar-refractivity contribution in [1.29, 1.82) is 0 Å². The van der Waals surface area contributed by atoms with Gasteiger partial charge < -0.3 is 20.5 Å². The molecule has 9 nitrogen and oxygen atoms in total. The smallest absolute Gasteiger partial charge is 0.389 e. The maximum atomic E-state index is 13.2. The van der Waals surface area contributed by atoms with E-state index in [0.29, 0.717) is 44.7 Å². The van der Waals surface area contributed by atoms with E-state index in [1.54, 1.807) is 6.08 Å². The number of alkyl halides is 3. The monoisotopic (exact) mass is 628 g/mol. The van der Waals surface area contributed by atoms with Crippen molar-refractivity contribution in [2.24, 2.45) is 16.8 Å². The fourth-order valence-corrected chi connectivity index (χ4v) is 7.46. The summed E-state index contributed by atoms with van der Waals surface area (Å²) in [4.78, 5) is 17.8. The Morgan fingerprint density at radius 2 is 1.79 bits per heavy atom. The Morgan fingerprint density at radius 3 is 2.40 bits per heavy atom. The molecule has 1 saturated heterocycles. The number of aliphatic hydroxyl groups excluding tert-OH is 1. The van der Waals surface area contributed by atoms with Crippen molar-refractivity contribution in [3.8, 4) is 0 Å². The van der Waals surface area contributed by atoms with Gasteiger partial charge in [0.1, 0.15) is 11.4 Å². The summed E-state index contributed by atoms with van der Waals surface area (Å²) in [5.41, 5.74) is 2.56. The Balaban J connectivity index is 1.32. The van der Waals surface area contributed by atoms with Crippen LogP contribution < -0.4 is 10.6 Å². The summed E-state index contributed by atoms with van der Waals surface area (Å²) in [6.07, 6.45) is 0.154. The van der Waals surface area contributed by atoms with E-state index in [1.807, 2.05) is 26.0 Å². The van der Waals surface area contributed by atoms with E-state index in [1.165, 1.54) is 9.71 Å².